The summed E-state index contributed by atoms with van der Waals surface area (Å²) in [4.78, 5) is 13.9. The number of benzene rings is 1. The number of carbonyl (C=O) groups is 1. The zero-order chi connectivity index (χ0) is 13.8. The van der Waals surface area contributed by atoms with Crippen molar-refractivity contribution < 1.29 is 15.0 Å². The molecule has 1 aromatic rings. The average Bonchev–Trinajstić information content (AvgIpc) is 2.78. The molecule has 1 aliphatic rings. The van der Waals surface area contributed by atoms with Crippen LogP contribution in [0.5, 0.6) is 0 Å². The molecule has 1 aromatic carbocycles. The minimum atomic E-state index is -1.12. The van der Waals surface area contributed by atoms with Gasteiger partial charge < -0.3 is 15.5 Å². The number of aliphatic hydroxyl groups excluding tert-OH is 2. The predicted octanol–water partition coefficient (Wildman–Crippen LogP) is 1.28. The van der Waals surface area contributed by atoms with Crippen LogP contribution in [0.4, 0.5) is 5.69 Å². The first-order valence-corrected chi connectivity index (χ1v) is 5.92. The van der Waals surface area contributed by atoms with Gasteiger partial charge in [-0.1, -0.05) is 23.3 Å². The summed E-state index contributed by atoms with van der Waals surface area (Å²) < 4.78 is 0. The Morgan fingerprint density at radius 2 is 2.26 bits per heavy atom. The lowest BCUT2D eigenvalue weighted by Crippen LogP contribution is -2.20. The van der Waals surface area contributed by atoms with E-state index >= 15 is 0 Å². The summed E-state index contributed by atoms with van der Waals surface area (Å²) in [7, 11) is 0. The highest BCUT2D eigenvalue weighted by atomic mass is 16.3. The van der Waals surface area contributed by atoms with Gasteiger partial charge in [-0.05, 0) is 17.5 Å². The largest absolute Gasteiger partial charge is 0.390 e. The zero-order valence-corrected chi connectivity index (χ0v) is 10.2. The first kappa shape index (κ1) is 13.4. The molecule has 1 heterocycles. The van der Waals surface area contributed by atoms with Crippen molar-refractivity contribution in [2.75, 3.05) is 11.9 Å². The highest BCUT2D eigenvalue weighted by Gasteiger charge is 2.26. The molecule has 3 N–H and O–H groups in total. The molecule has 0 saturated heterocycles. The number of aliphatic hydroxyl groups is 2. The third-order valence-electron chi connectivity index (χ3n) is 3.07. The van der Waals surface area contributed by atoms with Crippen LogP contribution in [0, 0.1) is 0 Å². The number of carbonyl (C=O) groups excluding carboxylic acids is 1. The molecule has 0 saturated carbocycles. The maximum atomic E-state index is 11.3. The summed E-state index contributed by atoms with van der Waals surface area (Å²) in [6.07, 6.45) is -1.73. The summed E-state index contributed by atoms with van der Waals surface area (Å²) >= 11 is 0. The number of rotatable bonds is 5. The Morgan fingerprint density at radius 3 is 3.00 bits per heavy atom. The molecule has 1 amide bonds. The Labute approximate surface area is 109 Å². The Kier molecular flexibility index (Phi) is 4.01. The van der Waals surface area contributed by atoms with Crippen LogP contribution in [0.3, 0.4) is 0 Å². The number of para-hydroxylation sites is 1. The quantitative estimate of drug-likeness (QED) is 0.421. The second kappa shape index (κ2) is 5.71. The van der Waals surface area contributed by atoms with Crippen molar-refractivity contribution in [2.24, 2.45) is 5.11 Å². The van der Waals surface area contributed by atoms with E-state index in [0.29, 0.717) is 11.3 Å². The van der Waals surface area contributed by atoms with Gasteiger partial charge in [0.25, 0.3) is 0 Å². The topological polar surface area (TPSA) is 118 Å². The van der Waals surface area contributed by atoms with Crippen LogP contribution < -0.4 is 5.32 Å². The van der Waals surface area contributed by atoms with Crippen LogP contribution in [0.2, 0.25) is 0 Å². The Morgan fingerprint density at radius 1 is 1.47 bits per heavy atom. The minimum absolute atomic E-state index is 0.107. The van der Waals surface area contributed by atoms with Crippen LogP contribution in [0.1, 0.15) is 23.7 Å². The van der Waals surface area contributed by atoms with Crippen molar-refractivity contribution in [1.29, 1.82) is 0 Å². The molecule has 2 unspecified atom stereocenters. The smallest absolute Gasteiger partial charge is 0.228 e. The number of anilines is 1. The van der Waals surface area contributed by atoms with Crippen molar-refractivity contribution in [3.63, 3.8) is 0 Å². The number of nitrogens with zero attached hydrogens (tertiary/aromatic N) is 3. The van der Waals surface area contributed by atoms with E-state index in [-0.39, 0.29) is 25.3 Å². The van der Waals surface area contributed by atoms with Crippen LogP contribution in [-0.2, 0) is 11.2 Å². The van der Waals surface area contributed by atoms with E-state index in [1.165, 1.54) is 0 Å². The predicted molar refractivity (Wildman–Crippen MR) is 68.4 cm³/mol. The molecule has 0 fully saturated rings. The second-order valence-corrected chi connectivity index (χ2v) is 4.36. The lowest BCUT2D eigenvalue weighted by atomic mass is 9.98. The monoisotopic (exact) mass is 262 g/mol. The standard InChI is InChI=1S/C12H14N4O3/c13-16-14-5-4-9(17)12(19)8-3-1-2-7-6-10(18)15-11(7)8/h1-3,9,12,17,19H,4-6H2,(H,15,18). The molecule has 0 aromatic heterocycles. The van der Waals surface area contributed by atoms with Crippen molar-refractivity contribution in [2.45, 2.75) is 25.0 Å². The number of fused-ring (bicyclic) bond motifs is 1. The Bertz CT molecular complexity index is 540. The molecule has 19 heavy (non-hydrogen) atoms. The molecule has 2 rings (SSSR count). The summed E-state index contributed by atoms with van der Waals surface area (Å²) in [6, 6.07) is 5.19. The Balaban J connectivity index is 2.16. The third kappa shape index (κ3) is 2.85. The van der Waals surface area contributed by atoms with Gasteiger partial charge in [-0.3, -0.25) is 4.79 Å². The zero-order valence-electron chi connectivity index (χ0n) is 10.2. The molecule has 2 atom stereocenters. The SMILES string of the molecule is [N-]=[N+]=NCCC(O)C(O)c1cccc2c1NC(=O)C2. The van der Waals surface area contributed by atoms with Crippen molar-refractivity contribution in [1.82, 2.24) is 0 Å². The van der Waals surface area contributed by atoms with Crippen LogP contribution >= 0.6 is 0 Å². The number of hydrogen-bond acceptors (Lipinski definition) is 4. The van der Waals surface area contributed by atoms with Crippen molar-refractivity contribution >= 4 is 11.6 Å². The van der Waals surface area contributed by atoms with E-state index < -0.39 is 12.2 Å². The summed E-state index contributed by atoms with van der Waals surface area (Å²) in [5.74, 6) is -0.127. The number of azide groups is 1. The second-order valence-electron chi connectivity index (χ2n) is 4.36. The van der Waals surface area contributed by atoms with Crippen molar-refractivity contribution in [3.05, 3.63) is 39.8 Å². The minimum Gasteiger partial charge on any atom is -0.390 e. The van der Waals surface area contributed by atoms with Gasteiger partial charge in [-0.15, -0.1) is 0 Å². The highest BCUT2D eigenvalue weighted by Crippen LogP contribution is 2.33. The fraction of sp³-hybridized carbons (Fsp3) is 0.417. The summed E-state index contributed by atoms with van der Waals surface area (Å²) in [5.41, 5.74) is 10.0. The molecule has 100 valence electrons. The third-order valence-corrected chi connectivity index (χ3v) is 3.07. The van der Waals surface area contributed by atoms with E-state index in [0.717, 1.165) is 5.56 Å². The molecule has 7 nitrogen and oxygen atoms in total. The number of amides is 1. The maximum absolute atomic E-state index is 11.3. The molecule has 0 radical (unpaired) electrons. The lowest BCUT2D eigenvalue weighted by Gasteiger charge is -2.19. The normalized spacial score (nSPS) is 16.2. The first-order chi connectivity index (χ1) is 9.13. The van der Waals surface area contributed by atoms with Crippen LogP contribution in [-0.4, -0.2) is 28.8 Å². The molecular weight excluding hydrogens is 248 g/mol. The highest BCUT2D eigenvalue weighted by molar-refractivity contribution is 6.00. The molecule has 0 bridgehead atoms. The fourth-order valence-electron chi connectivity index (χ4n) is 2.12. The van der Waals surface area contributed by atoms with Gasteiger partial charge in [0, 0.05) is 17.0 Å². The molecule has 0 spiro atoms. The molecule has 0 aliphatic carbocycles. The van der Waals surface area contributed by atoms with Gasteiger partial charge in [0.05, 0.1) is 18.2 Å². The number of nitrogens with one attached hydrogen (secondary N) is 1. The summed E-state index contributed by atoms with van der Waals surface area (Å²) in [5, 5.41) is 25.9. The van der Waals surface area contributed by atoms with Gasteiger partial charge in [0.1, 0.15) is 6.10 Å². The van der Waals surface area contributed by atoms with E-state index in [1.54, 1.807) is 18.2 Å². The van der Waals surface area contributed by atoms with E-state index in [4.69, 9.17) is 5.53 Å². The van der Waals surface area contributed by atoms with E-state index in [1.807, 2.05) is 0 Å². The van der Waals surface area contributed by atoms with E-state index in [9.17, 15) is 15.0 Å². The van der Waals surface area contributed by atoms with Gasteiger partial charge in [-0.2, -0.15) is 0 Å². The molecule has 1 aliphatic heterocycles. The average molecular weight is 262 g/mol. The molecular formula is C12H14N4O3. The Hall–Kier alpha value is -2.08. The number of hydrogen-bond donors (Lipinski definition) is 3. The summed E-state index contributed by atoms with van der Waals surface area (Å²) in [6.45, 7) is 0.107. The van der Waals surface area contributed by atoms with Gasteiger partial charge in [0.2, 0.25) is 5.91 Å². The fourth-order valence-corrected chi connectivity index (χ4v) is 2.12. The van der Waals surface area contributed by atoms with Gasteiger partial charge in [0.15, 0.2) is 0 Å². The van der Waals surface area contributed by atoms with Crippen LogP contribution in [0.15, 0.2) is 23.3 Å². The van der Waals surface area contributed by atoms with Gasteiger partial charge >= 0.3 is 0 Å². The van der Waals surface area contributed by atoms with E-state index in [2.05, 4.69) is 15.3 Å². The van der Waals surface area contributed by atoms with Crippen LogP contribution in [0.25, 0.3) is 10.4 Å². The van der Waals surface area contributed by atoms with Crippen molar-refractivity contribution in [3.8, 4) is 0 Å². The van der Waals surface area contributed by atoms with Gasteiger partial charge in [-0.25, -0.2) is 0 Å². The maximum Gasteiger partial charge on any atom is 0.228 e. The lowest BCUT2D eigenvalue weighted by molar-refractivity contribution is -0.115. The first-order valence-electron chi connectivity index (χ1n) is 5.92. The molecule has 7 heteroatoms.